The third kappa shape index (κ3) is 3.46. The molecule has 2 nitrogen and oxygen atoms in total. The highest BCUT2D eigenvalue weighted by atomic mass is 79.9. The van der Waals surface area contributed by atoms with Crippen LogP contribution in [0.5, 0.6) is 0 Å². The van der Waals surface area contributed by atoms with Gasteiger partial charge in [0.15, 0.2) is 0 Å². The molecule has 1 rings (SSSR count). The van der Waals surface area contributed by atoms with Crippen molar-refractivity contribution in [1.29, 1.82) is 0 Å². The van der Waals surface area contributed by atoms with Crippen molar-refractivity contribution >= 4 is 21.6 Å². The lowest BCUT2D eigenvalue weighted by Gasteiger charge is -2.23. The van der Waals surface area contributed by atoms with E-state index in [1.165, 1.54) is 6.07 Å². The molecular weight excluding hydrogens is 273 g/mol. The Bertz CT molecular complexity index is 324. The van der Waals surface area contributed by atoms with Crippen LogP contribution in [0.25, 0.3) is 0 Å². The van der Waals surface area contributed by atoms with E-state index in [0.717, 1.165) is 4.47 Å². The Morgan fingerprint density at radius 1 is 1.44 bits per heavy atom. The maximum atomic E-state index is 13.6. The molecule has 1 aromatic carbocycles. The van der Waals surface area contributed by atoms with Crippen molar-refractivity contribution in [1.82, 2.24) is 0 Å². The molecule has 0 aliphatic carbocycles. The van der Waals surface area contributed by atoms with E-state index in [0.29, 0.717) is 18.2 Å². The Labute approximate surface area is 104 Å². The second-order valence-corrected chi connectivity index (χ2v) is 4.90. The minimum atomic E-state index is -0.254. The summed E-state index contributed by atoms with van der Waals surface area (Å²) in [5.41, 5.74) is 0.498. The molecule has 0 heterocycles. The van der Waals surface area contributed by atoms with E-state index in [4.69, 9.17) is 4.74 Å². The van der Waals surface area contributed by atoms with Gasteiger partial charge in [-0.25, -0.2) is 4.39 Å². The molecule has 0 radical (unpaired) electrons. The highest BCUT2D eigenvalue weighted by molar-refractivity contribution is 9.10. The number of benzene rings is 1. The minimum absolute atomic E-state index is 0.0956. The van der Waals surface area contributed by atoms with Gasteiger partial charge < -0.3 is 10.1 Å². The lowest BCUT2D eigenvalue weighted by Crippen LogP contribution is -2.31. The second kappa shape index (κ2) is 6.21. The zero-order valence-electron chi connectivity index (χ0n) is 9.76. The average molecular weight is 290 g/mol. The number of anilines is 1. The van der Waals surface area contributed by atoms with Crippen LogP contribution < -0.4 is 5.32 Å². The van der Waals surface area contributed by atoms with Crippen LogP contribution in [0.2, 0.25) is 0 Å². The quantitative estimate of drug-likeness (QED) is 0.893. The van der Waals surface area contributed by atoms with Crippen molar-refractivity contribution in [2.75, 3.05) is 19.0 Å². The van der Waals surface area contributed by atoms with E-state index in [1.54, 1.807) is 13.2 Å². The van der Waals surface area contributed by atoms with Crippen molar-refractivity contribution in [2.45, 2.75) is 19.9 Å². The molecule has 0 aliphatic heterocycles. The fourth-order valence-electron chi connectivity index (χ4n) is 1.40. The molecule has 4 heteroatoms. The molecule has 1 atom stereocenters. The highest BCUT2D eigenvalue weighted by Crippen LogP contribution is 2.26. The van der Waals surface area contributed by atoms with Gasteiger partial charge in [-0.05, 0) is 34.0 Å². The van der Waals surface area contributed by atoms with Crippen molar-refractivity contribution < 1.29 is 9.13 Å². The number of methoxy groups -OCH3 is 1. The second-order valence-electron chi connectivity index (χ2n) is 4.05. The van der Waals surface area contributed by atoms with Gasteiger partial charge in [0.1, 0.15) is 5.82 Å². The Kier molecular flexibility index (Phi) is 5.22. The van der Waals surface area contributed by atoms with Crippen LogP contribution in [-0.2, 0) is 4.74 Å². The summed E-state index contributed by atoms with van der Waals surface area (Å²) in [6.07, 6.45) is 0. The van der Waals surface area contributed by atoms with Crippen molar-refractivity contribution in [3.8, 4) is 0 Å². The van der Waals surface area contributed by atoms with Gasteiger partial charge in [0, 0.05) is 11.6 Å². The summed E-state index contributed by atoms with van der Waals surface area (Å²) in [5, 5.41) is 3.17. The molecule has 0 fully saturated rings. The number of nitrogens with one attached hydrogen (secondary N) is 1. The summed E-state index contributed by atoms with van der Waals surface area (Å²) in [6.45, 7) is 4.70. The van der Waals surface area contributed by atoms with Crippen LogP contribution in [0.3, 0.4) is 0 Å². The number of rotatable bonds is 5. The van der Waals surface area contributed by atoms with E-state index < -0.39 is 0 Å². The monoisotopic (exact) mass is 289 g/mol. The van der Waals surface area contributed by atoms with E-state index >= 15 is 0 Å². The summed E-state index contributed by atoms with van der Waals surface area (Å²) >= 11 is 3.33. The molecule has 0 spiro atoms. The van der Waals surface area contributed by atoms with E-state index in [9.17, 15) is 4.39 Å². The molecule has 0 amide bonds. The van der Waals surface area contributed by atoms with Gasteiger partial charge in [-0.1, -0.05) is 19.9 Å². The number of halogens is 2. The topological polar surface area (TPSA) is 21.3 Å². The molecule has 1 N–H and O–H groups in total. The molecule has 0 aliphatic rings. The van der Waals surface area contributed by atoms with Crippen LogP contribution in [0.15, 0.2) is 22.7 Å². The first-order chi connectivity index (χ1) is 7.56. The Morgan fingerprint density at radius 2 is 2.12 bits per heavy atom. The first-order valence-electron chi connectivity index (χ1n) is 5.25. The van der Waals surface area contributed by atoms with Crippen molar-refractivity contribution in [2.24, 2.45) is 5.92 Å². The van der Waals surface area contributed by atoms with Gasteiger partial charge in [-0.15, -0.1) is 0 Å². The molecule has 16 heavy (non-hydrogen) atoms. The van der Waals surface area contributed by atoms with Crippen LogP contribution in [-0.4, -0.2) is 19.8 Å². The predicted molar refractivity (Wildman–Crippen MR) is 68.2 cm³/mol. The summed E-state index contributed by atoms with van der Waals surface area (Å²) < 4.78 is 19.4. The lowest BCUT2D eigenvalue weighted by molar-refractivity contribution is 0.171. The lowest BCUT2D eigenvalue weighted by atomic mass is 10.1. The molecular formula is C12H17BrFNO. The van der Waals surface area contributed by atoms with Gasteiger partial charge in [-0.2, -0.15) is 0 Å². The molecule has 0 saturated heterocycles. The normalized spacial score (nSPS) is 12.9. The first kappa shape index (κ1) is 13.5. The van der Waals surface area contributed by atoms with E-state index in [-0.39, 0.29) is 11.9 Å². The van der Waals surface area contributed by atoms with E-state index in [2.05, 4.69) is 35.1 Å². The standard InChI is InChI=1S/C12H17BrFNO/c1-8(2)11(7-16-3)15-12-9(13)5-4-6-10(12)14/h4-6,8,11,15H,7H2,1-3H3. The van der Waals surface area contributed by atoms with Crippen LogP contribution >= 0.6 is 15.9 Å². The average Bonchev–Trinajstić information content (AvgIpc) is 2.21. The molecule has 1 unspecified atom stereocenters. The third-order valence-electron chi connectivity index (χ3n) is 2.44. The number of hydrogen-bond acceptors (Lipinski definition) is 2. The Hall–Kier alpha value is -0.610. The summed E-state index contributed by atoms with van der Waals surface area (Å²) in [7, 11) is 1.65. The first-order valence-corrected chi connectivity index (χ1v) is 6.05. The Morgan fingerprint density at radius 3 is 2.62 bits per heavy atom. The number of ether oxygens (including phenoxy) is 1. The largest absolute Gasteiger partial charge is 0.383 e. The van der Waals surface area contributed by atoms with Gasteiger partial charge in [0.2, 0.25) is 0 Å². The fourth-order valence-corrected chi connectivity index (χ4v) is 1.86. The summed E-state index contributed by atoms with van der Waals surface area (Å²) in [5.74, 6) is 0.114. The number of para-hydroxylation sites is 1. The summed E-state index contributed by atoms with van der Waals surface area (Å²) in [4.78, 5) is 0. The maximum Gasteiger partial charge on any atom is 0.147 e. The molecule has 90 valence electrons. The molecule has 0 bridgehead atoms. The van der Waals surface area contributed by atoms with Gasteiger partial charge in [0.05, 0.1) is 18.3 Å². The fraction of sp³-hybridized carbons (Fsp3) is 0.500. The van der Waals surface area contributed by atoms with Gasteiger partial charge >= 0.3 is 0 Å². The third-order valence-corrected chi connectivity index (χ3v) is 3.10. The van der Waals surface area contributed by atoms with Gasteiger partial charge in [-0.3, -0.25) is 0 Å². The number of hydrogen-bond donors (Lipinski definition) is 1. The van der Waals surface area contributed by atoms with Gasteiger partial charge in [0.25, 0.3) is 0 Å². The smallest absolute Gasteiger partial charge is 0.147 e. The van der Waals surface area contributed by atoms with E-state index in [1.807, 2.05) is 6.07 Å². The Balaban J connectivity index is 2.84. The van der Waals surface area contributed by atoms with Crippen molar-refractivity contribution in [3.05, 3.63) is 28.5 Å². The minimum Gasteiger partial charge on any atom is -0.383 e. The zero-order valence-corrected chi connectivity index (χ0v) is 11.3. The summed E-state index contributed by atoms with van der Waals surface area (Å²) in [6, 6.07) is 5.02. The maximum absolute atomic E-state index is 13.6. The molecule has 0 aromatic heterocycles. The zero-order chi connectivity index (χ0) is 12.1. The molecule has 0 saturated carbocycles. The predicted octanol–water partition coefficient (Wildman–Crippen LogP) is 3.67. The van der Waals surface area contributed by atoms with Crippen LogP contribution in [0, 0.1) is 11.7 Å². The SMILES string of the molecule is COCC(Nc1c(F)cccc1Br)C(C)C. The van der Waals surface area contributed by atoms with Crippen LogP contribution in [0.4, 0.5) is 10.1 Å². The van der Waals surface area contributed by atoms with Crippen molar-refractivity contribution in [3.63, 3.8) is 0 Å². The van der Waals surface area contributed by atoms with Crippen LogP contribution in [0.1, 0.15) is 13.8 Å². The highest BCUT2D eigenvalue weighted by Gasteiger charge is 2.16. The molecule has 1 aromatic rings.